The quantitative estimate of drug-likeness (QED) is 0.463. The van der Waals surface area contributed by atoms with Crippen LogP contribution in [0.5, 0.6) is 0 Å². The van der Waals surface area contributed by atoms with Crippen LogP contribution in [0.25, 0.3) is 0 Å². The van der Waals surface area contributed by atoms with Gasteiger partial charge in [0.25, 0.3) is 0 Å². The van der Waals surface area contributed by atoms with Crippen LogP contribution in [0.1, 0.15) is 10.4 Å². The van der Waals surface area contributed by atoms with Gasteiger partial charge in [0.15, 0.2) is 5.78 Å². The molecule has 0 aromatic heterocycles. The van der Waals surface area contributed by atoms with E-state index in [9.17, 15) is 13.6 Å². The minimum Gasteiger partial charge on any atom is -0.293 e. The third-order valence-corrected chi connectivity index (χ3v) is 2.00. The molecule has 0 fully saturated rings. The molecule has 1 nitrogen and oxygen atoms in total. The second-order valence-electron chi connectivity index (χ2n) is 2.21. The molecule has 12 heavy (non-hydrogen) atoms. The maximum atomic E-state index is 12.5. The molecule has 1 aromatic carbocycles. The van der Waals surface area contributed by atoms with Gasteiger partial charge in [0.2, 0.25) is 0 Å². The first kappa shape index (κ1) is 9.57. The number of rotatable bonds is 2. The van der Waals surface area contributed by atoms with Gasteiger partial charge >= 0.3 is 0 Å². The standard InChI is InChI=1S/C8H5F2IO/c9-6-1-5(8(12)4-11)2-7(10)3-6/h1-3H,4H2. The highest BCUT2D eigenvalue weighted by Gasteiger charge is 2.06. The summed E-state index contributed by atoms with van der Waals surface area (Å²) in [6.45, 7) is 0. The molecule has 4 heteroatoms. The number of benzene rings is 1. The molecule has 1 rings (SSSR count). The molecule has 0 saturated carbocycles. The van der Waals surface area contributed by atoms with Crippen molar-refractivity contribution in [1.82, 2.24) is 0 Å². The lowest BCUT2D eigenvalue weighted by Crippen LogP contribution is -2.00. The van der Waals surface area contributed by atoms with Crippen molar-refractivity contribution < 1.29 is 13.6 Å². The predicted octanol–water partition coefficient (Wildman–Crippen LogP) is 2.58. The number of halogens is 3. The Kier molecular flexibility index (Phi) is 3.13. The van der Waals surface area contributed by atoms with Gasteiger partial charge in [-0.15, -0.1) is 0 Å². The zero-order chi connectivity index (χ0) is 9.14. The van der Waals surface area contributed by atoms with E-state index in [1.165, 1.54) is 0 Å². The molecule has 0 bridgehead atoms. The van der Waals surface area contributed by atoms with Gasteiger partial charge in [0.05, 0.1) is 4.43 Å². The van der Waals surface area contributed by atoms with E-state index in [-0.39, 0.29) is 15.8 Å². The number of hydrogen-bond donors (Lipinski definition) is 0. The molecule has 64 valence electrons. The van der Waals surface area contributed by atoms with Crippen LogP contribution in [-0.4, -0.2) is 10.2 Å². The third-order valence-electron chi connectivity index (χ3n) is 1.31. The Hall–Kier alpha value is -0.520. The molecule has 0 spiro atoms. The average Bonchev–Trinajstić information content (AvgIpc) is 2.01. The summed E-state index contributed by atoms with van der Waals surface area (Å²) in [7, 11) is 0. The van der Waals surface area contributed by atoms with Crippen LogP contribution in [0.3, 0.4) is 0 Å². The highest BCUT2D eigenvalue weighted by atomic mass is 127. The van der Waals surface area contributed by atoms with Crippen molar-refractivity contribution in [1.29, 1.82) is 0 Å². The summed E-state index contributed by atoms with van der Waals surface area (Å²) >= 11 is 1.85. The summed E-state index contributed by atoms with van der Waals surface area (Å²) in [6, 6.07) is 2.80. The Labute approximate surface area is 81.9 Å². The van der Waals surface area contributed by atoms with Crippen molar-refractivity contribution in [2.24, 2.45) is 0 Å². The molecule has 1 aromatic rings. The van der Waals surface area contributed by atoms with Crippen molar-refractivity contribution in [2.75, 3.05) is 4.43 Å². The summed E-state index contributed by atoms with van der Waals surface area (Å²) in [5, 5.41) is 0. The molecule has 0 heterocycles. The molecule has 0 aliphatic heterocycles. The molecule has 0 amide bonds. The Morgan fingerprint density at radius 3 is 2.17 bits per heavy atom. The molecule has 0 N–H and O–H groups in total. The smallest absolute Gasteiger partial charge is 0.172 e. The van der Waals surface area contributed by atoms with E-state index in [1.54, 1.807) is 0 Å². The lowest BCUT2D eigenvalue weighted by Gasteiger charge is -1.97. The fraction of sp³-hybridized carbons (Fsp3) is 0.125. The van der Waals surface area contributed by atoms with Gasteiger partial charge < -0.3 is 0 Å². The van der Waals surface area contributed by atoms with Crippen molar-refractivity contribution in [3.8, 4) is 0 Å². The number of carbonyl (C=O) groups is 1. The second kappa shape index (κ2) is 3.93. The van der Waals surface area contributed by atoms with E-state index in [4.69, 9.17) is 0 Å². The molecular weight excluding hydrogens is 277 g/mol. The van der Waals surface area contributed by atoms with Gasteiger partial charge in [-0.25, -0.2) is 8.78 Å². The fourth-order valence-electron chi connectivity index (χ4n) is 0.792. The average molecular weight is 282 g/mol. The highest BCUT2D eigenvalue weighted by Crippen LogP contribution is 2.09. The zero-order valence-corrected chi connectivity index (χ0v) is 8.14. The van der Waals surface area contributed by atoms with Gasteiger partial charge in [0, 0.05) is 11.6 Å². The van der Waals surface area contributed by atoms with Crippen molar-refractivity contribution in [3.63, 3.8) is 0 Å². The largest absolute Gasteiger partial charge is 0.293 e. The Bertz CT molecular complexity index is 292. The first-order valence-corrected chi connectivity index (χ1v) is 4.71. The van der Waals surface area contributed by atoms with Crippen LogP contribution >= 0.6 is 22.6 Å². The van der Waals surface area contributed by atoms with E-state index < -0.39 is 11.6 Å². The second-order valence-corrected chi connectivity index (χ2v) is 2.98. The Morgan fingerprint density at radius 2 is 1.75 bits per heavy atom. The number of hydrogen-bond acceptors (Lipinski definition) is 1. The Morgan fingerprint density at radius 1 is 1.25 bits per heavy atom. The van der Waals surface area contributed by atoms with E-state index in [1.807, 2.05) is 22.6 Å². The van der Waals surface area contributed by atoms with E-state index in [0.717, 1.165) is 18.2 Å². The summed E-state index contributed by atoms with van der Waals surface area (Å²) < 4.78 is 25.3. The summed E-state index contributed by atoms with van der Waals surface area (Å²) in [5.74, 6) is -1.71. The minimum atomic E-state index is -0.719. The highest BCUT2D eigenvalue weighted by molar-refractivity contribution is 14.1. The van der Waals surface area contributed by atoms with Crippen molar-refractivity contribution in [3.05, 3.63) is 35.4 Å². The summed E-state index contributed by atoms with van der Waals surface area (Å²) in [6.07, 6.45) is 0. The van der Waals surface area contributed by atoms with Crippen LogP contribution < -0.4 is 0 Å². The van der Waals surface area contributed by atoms with Crippen molar-refractivity contribution in [2.45, 2.75) is 0 Å². The van der Waals surface area contributed by atoms with Gasteiger partial charge in [0.1, 0.15) is 11.6 Å². The molecule has 0 aliphatic rings. The summed E-state index contributed by atoms with van der Waals surface area (Å²) in [4.78, 5) is 11.0. The minimum absolute atomic E-state index is 0.0851. The number of ketones is 1. The van der Waals surface area contributed by atoms with Gasteiger partial charge in [-0.3, -0.25) is 4.79 Å². The molecular formula is C8H5F2IO. The zero-order valence-electron chi connectivity index (χ0n) is 5.98. The SMILES string of the molecule is O=C(CI)c1cc(F)cc(F)c1. The van der Waals surface area contributed by atoms with E-state index >= 15 is 0 Å². The van der Waals surface area contributed by atoms with Crippen LogP contribution in [0.2, 0.25) is 0 Å². The number of carbonyl (C=O) groups excluding carboxylic acids is 1. The van der Waals surface area contributed by atoms with E-state index in [2.05, 4.69) is 0 Å². The topological polar surface area (TPSA) is 17.1 Å². The number of Topliss-reactive ketones (excluding diaryl/α,β-unsaturated/α-hetero) is 1. The van der Waals surface area contributed by atoms with Crippen LogP contribution in [-0.2, 0) is 0 Å². The molecule has 0 unspecified atom stereocenters. The maximum absolute atomic E-state index is 12.5. The predicted molar refractivity (Wildman–Crippen MR) is 49.6 cm³/mol. The molecule has 0 saturated heterocycles. The van der Waals surface area contributed by atoms with Crippen LogP contribution in [0.15, 0.2) is 18.2 Å². The first-order chi connectivity index (χ1) is 5.63. The van der Waals surface area contributed by atoms with E-state index in [0.29, 0.717) is 0 Å². The van der Waals surface area contributed by atoms with Gasteiger partial charge in [-0.2, -0.15) is 0 Å². The normalized spacial score (nSPS) is 9.92. The number of alkyl halides is 1. The maximum Gasteiger partial charge on any atom is 0.172 e. The molecule has 0 radical (unpaired) electrons. The third kappa shape index (κ3) is 2.23. The van der Waals surface area contributed by atoms with Gasteiger partial charge in [-0.1, -0.05) is 22.6 Å². The van der Waals surface area contributed by atoms with Crippen LogP contribution in [0, 0.1) is 11.6 Å². The fourth-order valence-corrected chi connectivity index (χ4v) is 1.23. The first-order valence-electron chi connectivity index (χ1n) is 3.18. The van der Waals surface area contributed by atoms with Gasteiger partial charge in [-0.05, 0) is 12.1 Å². The lowest BCUT2D eigenvalue weighted by molar-refractivity contribution is 0.102. The molecule has 0 aliphatic carbocycles. The summed E-state index contributed by atoms with van der Waals surface area (Å²) in [5.41, 5.74) is 0.0851. The monoisotopic (exact) mass is 282 g/mol. The lowest BCUT2D eigenvalue weighted by atomic mass is 10.1. The Balaban J connectivity index is 3.08. The molecule has 0 atom stereocenters. The van der Waals surface area contributed by atoms with Crippen molar-refractivity contribution >= 4 is 28.4 Å². The van der Waals surface area contributed by atoms with Crippen LogP contribution in [0.4, 0.5) is 8.78 Å².